The number of aromatic amines is 1. The number of hydrogen-bond donors (Lipinski definition) is 3. The predicted molar refractivity (Wildman–Crippen MR) is 85.6 cm³/mol. The van der Waals surface area contributed by atoms with E-state index < -0.39 is 33.9 Å². The molecule has 3 N–H and O–H groups in total. The number of sulfonamides is 1. The molecule has 0 spiro atoms. The second kappa shape index (κ2) is 7.35. The third-order valence-electron chi connectivity index (χ3n) is 3.96. The van der Waals surface area contributed by atoms with Crippen LogP contribution in [0.3, 0.4) is 0 Å². The Bertz CT molecular complexity index is 823. The first-order valence-electron chi connectivity index (χ1n) is 7.75. The number of ether oxygens (including phenoxy) is 1. The molecule has 3 rings (SSSR count). The van der Waals surface area contributed by atoms with Gasteiger partial charge < -0.3 is 15.0 Å². The molecular weight excluding hydrogens is 373 g/mol. The largest absolute Gasteiger partial charge is 0.416 e. The first kappa shape index (κ1) is 18.8. The molecule has 0 saturated carbocycles. The van der Waals surface area contributed by atoms with Crippen LogP contribution in [0.2, 0.25) is 0 Å². The van der Waals surface area contributed by atoms with E-state index in [4.69, 9.17) is 4.74 Å². The van der Waals surface area contributed by atoms with Gasteiger partial charge in [-0.05, 0) is 17.7 Å². The van der Waals surface area contributed by atoms with Crippen molar-refractivity contribution in [3.8, 4) is 0 Å². The highest BCUT2D eigenvalue weighted by Gasteiger charge is 2.33. The fourth-order valence-electron chi connectivity index (χ4n) is 2.59. The topological polar surface area (TPSA) is 96.1 Å². The summed E-state index contributed by atoms with van der Waals surface area (Å²) in [6, 6.07) is 4.15. The molecule has 1 aliphatic rings. The van der Waals surface area contributed by atoms with Gasteiger partial charge in [-0.2, -0.15) is 13.2 Å². The fourth-order valence-corrected chi connectivity index (χ4v) is 3.76. The number of rotatable bonds is 6. The summed E-state index contributed by atoms with van der Waals surface area (Å²) < 4.78 is 70.3. The molecule has 1 aromatic heterocycles. The second-order valence-corrected chi connectivity index (χ2v) is 7.50. The van der Waals surface area contributed by atoms with E-state index in [-0.39, 0.29) is 11.6 Å². The molecule has 11 heteroatoms. The summed E-state index contributed by atoms with van der Waals surface area (Å²) in [4.78, 5) is 6.29. The Hall–Kier alpha value is -1.95. The predicted octanol–water partition coefficient (Wildman–Crippen LogP) is 1.26. The van der Waals surface area contributed by atoms with Crippen molar-refractivity contribution in [1.82, 2.24) is 20.0 Å². The van der Waals surface area contributed by atoms with Crippen molar-refractivity contribution in [2.45, 2.75) is 30.0 Å². The first-order chi connectivity index (χ1) is 12.3. The Morgan fingerprint density at radius 1 is 1.23 bits per heavy atom. The average Bonchev–Trinajstić information content (AvgIpc) is 3.24. The molecule has 2 atom stereocenters. The molecule has 7 nitrogen and oxygen atoms in total. The number of nitrogens with zero attached hydrogens (tertiary/aromatic N) is 1. The number of nitrogens with one attached hydrogen (secondary N) is 3. The van der Waals surface area contributed by atoms with Gasteiger partial charge in [0.05, 0.1) is 30.6 Å². The van der Waals surface area contributed by atoms with Gasteiger partial charge in [0, 0.05) is 19.3 Å². The van der Waals surface area contributed by atoms with E-state index in [0.717, 1.165) is 12.1 Å². The van der Waals surface area contributed by atoms with E-state index in [0.29, 0.717) is 18.7 Å². The molecule has 0 bridgehead atoms. The number of benzene rings is 1. The Morgan fingerprint density at radius 3 is 2.58 bits per heavy atom. The first-order valence-corrected chi connectivity index (χ1v) is 9.23. The van der Waals surface area contributed by atoms with Crippen LogP contribution in [0.4, 0.5) is 13.2 Å². The van der Waals surface area contributed by atoms with E-state index in [9.17, 15) is 21.6 Å². The van der Waals surface area contributed by atoms with E-state index in [1.165, 1.54) is 24.7 Å². The quantitative estimate of drug-likeness (QED) is 0.690. The van der Waals surface area contributed by atoms with Crippen LogP contribution in [0.5, 0.6) is 0 Å². The molecule has 26 heavy (non-hydrogen) atoms. The monoisotopic (exact) mass is 390 g/mol. The minimum Gasteiger partial charge on any atom is -0.371 e. The molecule has 2 aromatic rings. The fraction of sp³-hybridized carbons (Fsp3) is 0.400. The van der Waals surface area contributed by atoms with Crippen LogP contribution in [0.15, 0.2) is 41.8 Å². The third kappa shape index (κ3) is 4.41. The number of H-pyrrole nitrogens is 1. The van der Waals surface area contributed by atoms with E-state index >= 15 is 0 Å². The summed E-state index contributed by atoms with van der Waals surface area (Å²) >= 11 is 0. The van der Waals surface area contributed by atoms with Gasteiger partial charge in [0.1, 0.15) is 0 Å². The minimum absolute atomic E-state index is 0.0745. The number of hydrogen-bond acceptors (Lipinski definition) is 5. The average molecular weight is 390 g/mol. The molecule has 1 fully saturated rings. The van der Waals surface area contributed by atoms with Gasteiger partial charge in [-0.15, -0.1) is 0 Å². The summed E-state index contributed by atoms with van der Waals surface area (Å²) in [5, 5.41) is 2.91. The van der Waals surface area contributed by atoms with Gasteiger partial charge in [0.15, 0.2) is 5.03 Å². The second-order valence-electron chi connectivity index (χ2n) is 5.84. The minimum atomic E-state index is -4.38. The number of halogens is 3. The van der Waals surface area contributed by atoms with Crippen molar-refractivity contribution in [2.75, 3.05) is 13.1 Å². The van der Waals surface area contributed by atoms with Crippen molar-refractivity contribution in [3.63, 3.8) is 0 Å². The van der Waals surface area contributed by atoms with Crippen molar-refractivity contribution < 1.29 is 26.3 Å². The molecule has 1 aromatic carbocycles. The van der Waals surface area contributed by atoms with Crippen molar-refractivity contribution in [1.29, 1.82) is 0 Å². The number of aromatic nitrogens is 2. The molecule has 0 aliphatic carbocycles. The standard InChI is InChI=1S/C15H17F3N4O3S/c16-15(17,18)11-3-1-10(2-4-11)8-25-13-6-19-5-12(13)22-26(23,24)14-7-20-9-21-14/h1-4,7,9,12-13,19,22H,5-6,8H2,(H,20,21). The lowest BCUT2D eigenvalue weighted by molar-refractivity contribution is -0.137. The smallest absolute Gasteiger partial charge is 0.371 e. The van der Waals surface area contributed by atoms with Crippen LogP contribution in [-0.4, -0.2) is 43.6 Å². The maximum Gasteiger partial charge on any atom is 0.416 e. The lowest BCUT2D eigenvalue weighted by Crippen LogP contribution is -2.43. The maximum atomic E-state index is 12.6. The maximum absolute atomic E-state index is 12.6. The van der Waals surface area contributed by atoms with Crippen molar-refractivity contribution >= 4 is 10.0 Å². The van der Waals surface area contributed by atoms with Crippen LogP contribution < -0.4 is 10.0 Å². The zero-order chi connectivity index (χ0) is 18.8. The summed E-state index contributed by atoms with van der Waals surface area (Å²) in [6.07, 6.45) is -2.31. The molecule has 0 radical (unpaired) electrons. The Kier molecular flexibility index (Phi) is 5.32. The number of imidazole rings is 1. The highest BCUT2D eigenvalue weighted by molar-refractivity contribution is 7.89. The zero-order valence-electron chi connectivity index (χ0n) is 13.5. The SMILES string of the molecule is O=S(=O)(NC1CNCC1OCc1ccc(C(F)(F)F)cc1)c1c[nH]cn1. The Labute approximate surface area is 148 Å². The van der Waals surface area contributed by atoms with Gasteiger partial charge in [0.2, 0.25) is 0 Å². The van der Waals surface area contributed by atoms with Gasteiger partial charge >= 0.3 is 6.18 Å². The summed E-state index contributed by atoms with van der Waals surface area (Å²) in [7, 11) is -3.78. The van der Waals surface area contributed by atoms with Crippen molar-refractivity contribution in [3.05, 3.63) is 47.9 Å². The van der Waals surface area contributed by atoms with Crippen LogP contribution in [-0.2, 0) is 27.5 Å². The van der Waals surface area contributed by atoms with E-state index in [2.05, 4.69) is 20.0 Å². The summed E-state index contributed by atoms with van der Waals surface area (Å²) in [5.74, 6) is 0. The molecule has 2 unspecified atom stereocenters. The molecular formula is C15H17F3N4O3S. The highest BCUT2D eigenvalue weighted by Crippen LogP contribution is 2.29. The van der Waals surface area contributed by atoms with Gasteiger partial charge in [-0.1, -0.05) is 12.1 Å². The normalized spacial score (nSPS) is 21.2. The lowest BCUT2D eigenvalue weighted by Gasteiger charge is -2.20. The summed E-state index contributed by atoms with van der Waals surface area (Å²) in [5.41, 5.74) is -0.160. The van der Waals surface area contributed by atoms with E-state index in [1.54, 1.807) is 0 Å². The number of alkyl halides is 3. The van der Waals surface area contributed by atoms with Gasteiger partial charge in [-0.25, -0.2) is 18.1 Å². The lowest BCUT2D eigenvalue weighted by atomic mass is 10.1. The van der Waals surface area contributed by atoms with Gasteiger partial charge in [-0.3, -0.25) is 0 Å². The molecule has 142 valence electrons. The Balaban J connectivity index is 1.59. The highest BCUT2D eigenvalue weighted by atomic mass is 32.2. The third-order valence-corrected chi connectivity index (χ3v) is 5.35. The van der Waals surface area contributed by atoms with Gasteiger partial charge in [0.25, 0.3) is 10.0 Å². The van der Waals surface area contributed by atoms with Crippen LogP contribution in [0.1, 0.15) is 11.1 Å². The van der Waals surface area contributed by atoms with E-state index in [1.807, 2.05) is 0 Å². The van der Waals surface area contributed by atoms with Crippen LogP contribution in [0, 0.1) is 0 Å². The molecule has 0 amide bonds. The molecule has 1 saturated heterocycles. The van der Waals surface area contributed by atoms with Crippen LogP contribution >= 0.6 is 0 Å². The molecule has 1 aliphatic heterocycles. The Morgan fingerprint density at radius 2 is 1.96 bits per heavy atom. The van der Waals surface area contributed by atoms with Crippen molar-refractivity contribution in [2.24, 2.45) is 0 Å². The zero-order valence-corrected chi connectivity index (χ0v) is 14.3. The molecule has 2 heterocycles. The summed E-state index contributed by atoms with van der Waals surface area (Å²) in [6.45, 7) is 0.876. The van der Waals surface area contributed by atoms with Crippen LogP contribution in [0.25, 0.3) is 0 Å².